The Balaban J connectivity index is 2.91. The van der Waals surface area contributed by atoms with Crippen molar-refractivity contribution >= 4 is 11.9 Å². The molecule has 2 N–H and O–H groups in total. The number of aryl methyl sites for hydroxylation is 1. The summed E-state index contributed by atoms with van der Waals surface area (Å²) >= 11 is 0. The normalized spacial score (nSPS) is 12.3. The molecule has 0 aromatic carbocycles. The maximum absolute atomic E-state index is 11.1. The number of aliphatic carboxylic acids is 1. The van der Waals surface area contributed by atoms with Crippen LogP contribution in [-0.4, -0.2) is 33.7 Å². The fourth-order valence-electron chi connectivity index (χ4n) is 1.48. The second-order valence-corrected chi connectivity index (χ2v) is 4.31. The number of hydrogen-bond donors (Lipinski definition) is 2. The Bertz CT molecular complexity index is 421. The summed E-state index contributed by atoms with van der Waals surface area (Å²) in [5.41, 5.74) is 0.726. The second-order valence-electron chi connectivity index (χ2n) is 4.31. The minimum atomic E-state index is -0.923. The Hall–Kier alpha value is -1.85. The third kappa shape index (κ3) is 3.87. The molecule has 1 aromatic heterocycles. The molecular formula is C12H19N3O3. The van der Waals surface area contributed by atoms with Crippen LogP contribution in [0.3, 0.4) is 0 Å². The van der Waals surface area contributed by atoms with E-state index in [9.17, 15) is 4.79 Å². The number of aromatic nitrogens is 2. The molecule has 0 aliphatic rings. The summed E-state index contributed by atoms with van der Waals surface area (Å²) in [7, 11) is 0. The fraction of sp³-hybridized carbons (Fsp3) is 0.583. The van der Waals surface area contributed by atoms with Crippen LogP contribution >= 0.6 is 0 Å². The molecule has 1 atom stereocenters. The molecule has 0 fully saturated rings. The van der Waals surface area contributed by atoms with Gasteiger partial charge in [0.15, 0.2) is 0 Å². The molecule has 18 heavy (non-hydrogen) atoms. The van der Waals surface area contributed by atoms with Gasteiger partial charge in [0.1, 0.15) is 6.04 Å². The van der Waals surface area contributed by atoms with Crippen molar-refractivity contribution in [1.82, 2.24) is 9.97 Å². The molecule has 0 bridgehead atoms. The van der Waals surface area contributed by atoms with Crippen LogP contribution in [0.15, 0.2) is 6.07 Å². The average Bonchev–Trinajstić information content (AvgIpc) is 2.24. The zero-order valence-corrected chi connectivity index (χ0v) is 11.1. The van der Waals surface area contributed by atoms with E-state index >= 15 is 0 Å². The predicted octanol–water partition coefficient (Wildman–Crippen LogP) is 1.70. The van der Waals surface area contributed by atoms with E-state index in [0.29, 0.717) is 12.5 Å². The SMILES string of the molecule is CCOc1cc(C)nc(NC(C(=O)O)C(C)C)n1. The Morgan fingerprint density at radius 1 is 1.50 bits per heavy atom. The molecule has 0 aliphatic heterocycles. The molecule has 0 aliphatic carbocycles. The number of carbonyl (C=O) groups is 1. The molecule has 0 saturated carbocycles. The molecule has 6 nitrogen and oxygen atoms in total. The monoisotopic (exact) mass is 253 g/mol. The molecule has 1 aromatic rings. The molecule has 1 unspecified atom stereocenters. The number of nitrogens with zero attached hydrogens (tertiary/aromatic N) is 2. The molecule has 100 valence electrons. The predicted molar refractivity (Wildman–Crippen MR) is 67.8 cm³/mol. The van der Waals surface area contributed by atoms with Crippen LogP contribution in [0.25, 0.3) is 0 Å². The lowest BCUT2D eigenvalue weighted by Crippen LogP contribution is -2.35. The van der Waals surface area contributed by atoms with Gasteiger partial charge in [0.2, 0.25) is 11.8 Å². The number of carboxylic acids is 1. The van der Waals surface area contributed by atoms with E-state index in [-0.39, 0.29) is 11.9 Å². The Labute approximate surface area is 106 Å². The molecule has 1 rings (SSSR count). The number of hydrogen-bond acceptors (Lipinski definition) is 5. The highest BCUT2D eigenvalue weighted by atomic mass is 16.5. The summed E-state index contributed by atoms with van der Waals surface area (Å²) in [5, 5.41) is 11.9. The van der Waals surface area contributed by atoms with Crippen molar-refractivity contribution in [2.75, 3.05) is 11.9 Å². The Kier molecular flexibility index (Phi) is 4.88. The van der Waals surface area contributed by atoms with Gasteiger partial charge in [-0.2, -0.15) is 4.98 Å². The minimum Gasteiger partial charge on any atom is -0.480 e. The topological polar surface area (TPSA) is 84.3 Å². The lowest BCUT2D eigenvalue weighted by atomic mass is 10.1. The smallest absolute Gasteiger partial charge is 0.326 e. The van der Waals surface area contributed by atoms with Crippen LogP contribution < -0.4 is 10.1 Å². The van der Waals surface area contributed by atoms with Crippen LogP contribution in [0.1, 0.15) is 26.5 Å². The number of nitrogens with one attached hydrogen (secondary N) is 1. The van der Waals surface area contributed by atoms with E-state index in [0.717, 1.165) is 5.69 Å². The largest absolute Gasteiger partial charge is 0.480 e. The van der Waals surface area contributed by atoms with Gasteiger partial charge in [-0.3, -0.25) is 0 Å². The fourth-order valence-corrected chi connectivity index (χ4v) is 1.48. The molecule has 6 heteroatoms. The first-order chi connectivity index (χ1) is 8.43. The van der Waals surface area contributed by atoms with Gasteiger partial charge < -0.3 is 15.2 Å². The highest BCUT2D eigenvalue weighted by Gasteiger charge is 2.22. The summed E-state index contributed by atoms with van der Waals surface area (Å²) in [6.07, 6.45) is 0. The Morgan fingerprint density at radius 2 is 2.17 bits per heavy atom. The van der Waals surface area contributed by atoms with E-state index in [4.69, 9.17) is 9.84 Å². The van der Waals surface area contributed by atoms with Crippen LogP contribution in [0.5, 0.6) is 5.88 Å². The molecule has 0 saturated heterocycles. The number of rotatable bonds is 6. The van der Waals surface area contributed by atoms with E-state index in [1.54, 1.807) is 13.0 Å². The molecule has 0 amide bonds. The highest BCUT2D eigenvalue weighted by Crippen LogP contribution is 2.14. The first-order valence-electron chi connectivity index (χ1n) is 5.91. The van der Waals surface area contributed by atoms with Crippen LogP contribution in [0, 0.1) is 12.8 Å². The lowest BCUT2D eigenvalue weighted by Gasteiger charge is -2.18. The third-order valence-electron chi connectivity index (χ3n) is 2.34. The average molecular weight is 253 g/mol. The zero-order valence-electron chi connectivity index (χ0n) is 11.1. The van der Waals surface area contributed by atoms with Gasteiger partial charge in [0.25, 0.3) is 0 Å². The first kappa shape index (κ1) is 14.2. The van der Waals surface area contributed by atoms with Gasteiger partial charge in [0, 0.05) is 11.8 Å². The van der Waals surface area contributed by atoms with E-state index < -0.39 is 12.0 Å². The highest BCUT2D eigenvalue weighted by molar-refractivity contribution is 5.76. The lowest BCUT2D eigenvalue weighted by molar-refractivity contribution is -0.138. The van der Waals surface area contributed by atoms with Gasteiger partial charge in [-0.05, 0) is 19.8 Å². The van der Waals surface area contributed by atoms with Crippen LogP contribution in [0.4, 0.5) is 5.95 Å². The second kappa shape index (κ2) is 6.18. The molecule has 1 heterocycles. The molecule has 0 spiro atoms. The van der Waals surface area contributed by atoms with Crippen LogP contribution in [0.2, 0.25) is 0 Å². The van der Waals surface area contributed by atoms with Crippen LogP contribution in [-0.2, 0) is 4.79 Å². The minimum absolute atomic E-state index is 0.0674. The van der Waals surface area contributed by atoms with Crippen molar-refractivity contribution in [2.24, 2.45) is 5.92 Å². The summed E-state index contributed by atoms with van der Waals surface area (Å²) in [4.78, 5) is 19.4. The number of ether oxygens (including phenoxy) is 1. The van der Waals surface area contributed by atoms with Gasteiger partial charge in [-0.15, -0.1) is 0 Å². The zero-order chi connectivity index (χ0) is 13.7. The Morgan fingerprint density at radius 3 is 2.67 bits per heavy atom. The molecule has 0 radical (unpaired) electrons. The van der Waals surface area contributed by atoms with E-state index in [1.807, 2.05) is 20.8 Å². The summed E-state index contributed by atoms with van der Waals surface area (Å²) in [6, 6.07) is 0.987. The summed E-state index contributed by atoms with van der Waals surface area (Å²) in [6.45, 7) is 7.82. The van der Waals surface area contributed by atoms with Crippen molar-refractivity contribution in [3.63, 3.8) is 0 Å². The van der Waals surface area contributed by atoms with E-state index in [1.165, 1.54) is 0 Å². The van der Waals surface area contributed by atoms with Crippen molar-refractivity contribution in [3.05, 3.63) is 11.8 Å². The standard InChI is InChI=1S/C12H19N3O3/c1-5-18-9-6-8(4)13-12(14-9)15-10(7(2)3)11(16)17/h6-7,10H,5H2,1-4H3,(H,16,17)(H,13,14,15). The number of carboxylic acid groups (broad SMARTS) is 1. The van der Waals surface area contributed by atoms with E-state index in [2.05, 4.69) is 15.3 Å². The quantitative estimate of drug-likeness (QED) is 0.802. The van der Waals surface area contributed by atoms with Gasteiger partial charge in [-0.25, -0.2) is 9.78 Å². The van der Waals surface area contributed by atoms with Crippen molar-refractivity contribution in [1.29, 1.82) is 0 Å². The van der Waals surface area contributed by atoms with Crippen molar-refractivity contribution in [2.45, 2.75) is 33.7 Å². The van der Waals surface area contributed by atoms with Gasteiger partial charge in [-0.1, -0.05) is 13.8 Å². The van der Waals surface area contributed by atoms with Gasteiger partial charge in [0.05, 0.1) is 6.61 Å². The van der Waals surface area contributed by atoms with Crippen molar-refractivity contribution < 1.29 is 14.6 Å². The maximum atomic E-state index is 11.1. The van der Waals surface area contributed by atoms with Crippen molar-refractivity contribution in [3.8, 4) is 5.88 Å². The third-order valence-corrected chi connectivity index (χ3v) is 2.34. The molecular weight excluding hydrogens is 234 g/mol. The summed E-state index contributed by atoms with van der Waals surface area (Å²) < 4.78 is 5.29. The summed E-state index contributed by atoms with van der Waals surface area (Å²) in [5.74, 6) is -0.268. The van der Waals surface area contributed by atoms with Gasteiger partial charge >= 0.3 is 5.97 Å². The first-order valence-corrected chi connectivity index (χ1v) is 5.91. The number of anilines is 1. The maximum Gasteiger partial charge on any atom is 0.326 e.